The predicted octanol–water partition coefficient (Wildman–Crippen LogP) is 2.03. The van der Waals surface area contributed by atoms with Crippen molar-refractivity contribution in [2.75, 3.05) is 6.54 Å². The zero-order valence-electron chi connectivity index (χ0n) is 7.86. The Hall–Kier alpha value is -1.13. The molecule has 14 heavy (non-hydrogen) atoms. The average molecular weight is 207 g/mol. The summed E-state index contributed by atoms with van der Waals surface area (Å²) < 4.78 is 0. The topological polar surface area (TPSA) is 54.7 Å². The van der Waals surface area contributed by atoms with Gasteiger partial charge in [-0.05, 0) is 25.1 Å². The maximum Gasteiger partial charge on any atom is 0.0976 e. The van der Waals surface area contributed by atoms with Gasteiger partial charge in [0.05, 0.1) is 16.4 Å². The first-order valence-corrected chi connectivity index (χ1v) is 5.56. The Morgan fingerprint density at radius 1 is 1.50 bits per heavy atom. The van der Waals surface area contributed by atoms with Crippen LogP contribution in [0.2, 0.25) is 0 Å². The zero-order valence-corrected chi connectivity index (χ0v) is 8.68. The molecule has 0 unspecified atom stereocenters. The minimum atomic E-state index is 0.734. The van der Waals surface area contributed by atoms with Crippen LogP contribution >= 0.6 is 11.3 Å². The van der Waals surface area contributed by atoms with Crippen molar-refractivity contribution in [1.82, 2.24) is 9.97 Å². The summed E-state index contributed by atoms with van der Waals surface area (Å²) in [5.41, 5.74) is 7.57. The molecule has 3 N–H and O–H groups in total. The van der Waals surface area contributed by atoms with Crippen LogP contribution < -0.4 is 5.73 Å². The molecule has 0 aliphatic rings. The lowest BCUT2D eigenvalue weighted by atomic mass is 10.3. The van der Waals surface area contributed by atoms with Gasteiger partial charge in [0.15, 0.2) is 0 Å². The molecule has 0 spiro atoms. The smallest absolute Gasteiger partial charge is 0.0976 e. The molecule has 2 rings (SSSR count). The molecule has 0 aliphatic carbocycles. The van der Waals surface area contributed by atoms with Crippen molar-refractivity contribution >= 4 is 11.3 Å². The van der Waals surface area contributed by atoms with Gasteiger partial charge < -0.3 is 10.7 Å². The molecular formula is C10H13N3S. The Kier molecular flexibility index (Phi) is 2.96. The zero-order chi connectivity index (χ0) is 9.80. The highest BCUT2D eigenvalue weighted by molar-refractivity contribution is 7.09. The Bertz CT molecular complexity index is 378. The fourth-order valence-electron chi connectivity index (χ4n) is 1.29. The number of H-pyrrole nitrogens is 1. The lowest BCUT2D eigenvalue weighted by Crippen LogP contribution is -1.99. The monoisotopic (exact) mass is 207 g/mol. The molecule has 0 amide bonds. The van der Waals surface area contributed by atoms with Crippen molar-refractivity contribution in [3.05, 3.63) is 28.7 Å². The molecule has 4 heteroatoms. The van der Waals surface area contributed by atoms with E-state index < -0.39 is 0 Å². The van der Waals surface area contributed by atoms with E-state index in [1.165, 1.54) is 5.01 Å². The first-order chi connectivity index (χ1) is 6.90. The fraction of sp³-hybridized carbons (Fsp3) is 0.300. The van der Waals surface area contributed by atoms with E-state index >= 15 is 0 Å². The van der Waals surface area contributed by atoms with Crippen molar-refractivity contribution in [3.8, 4) is 11.4 Å². The van der Waals surface area contributed by atoms with E-state index in [4.69, 9.17) is 5.73 Å². The Morgan fingerprint density at radius 3 is 3.14 bits per heavy atom. The molecule has 2 aromatic heterocycles. The number of aromatic nitrogens is 2. The van der Waals surface area contributed by atoms with Gasteiger partial charge in [-0.15, -0.1) is 11.3 Å². The second-order valence-corrected chi connectivity index (χ2v) is 4.05. The van der Waals surface area contributed by atoms with Gasteiger partial charge in [-0.25, -0.2) is 4.98 Å². The van der Waals surface area contributed by atoms with Crippen LogP contribution in [0.25, 0.3) is 11.4 Å². The highest BCUT2D eigenvalue weighted by Crippen LogP contribution is 2.20. The number of nitrogens with two attached hydrogens (primary N) is 1. The summed E-state index contributed by atoms with van der Waals surface area (Å²) in [5.74, 6) is 0. The second kappa shape index (κ2) is 4.39. The van der Waals surface area contributed by atoms with Gasteiger partial charge in [0, 0.05) is 18.0 Å². The van der Waals surface area contributed by atoms with Crippen LogP contribution in [0.1, 0.15) is 11.4 Å². The fourth-order valence-corrected chi connectivity index (χ4v) is 2.13. The molecule has 0 fully saturated rings. The second-order valence-electron chi connectivity index (χ2n) is 3.10. The normalized spacial score (nSPS) is 10.6. The number of aryl methyl sites for hydroxylation is 1. The van der Waals surface area contributed by atoms with Crippen LogP contribution in [0, 0.1) is 0 Å². The van der Waals surface area contributed by atoms with Crippen LogP contribution in [0.5, 0.6) is 0 Å². The molecule has 0 aliphatic heterocycles. The molecular weight excluding hydrogens is 194 g/mol. The van der Waals surface area contributed by atoms with Crippen molar-refractivity contribution in [1.29, 1.82) is 0 Å². The van der Waals surface area contributed by atoms with Gasteiger partial charge in [0.25, 0.3) is 0 Å². The lowest BCUT2D eigenvalue weighted by molar-refractivity contribution is 0.826. The minimum absolute atomic E-state index is 0.734. The minimum Gasteiger partial charge on any atom is -0.360 e. The molecule has 0 radical (unpaired) electrons. The van der Waals surface area contributed by atoms with E-state index in [9.17, 15) is 0 Å². The summed E-state index contributed by atoms with van der Waals surface area (Å²) >= 11 is 1.70. The number of nitrogens with one attached hydrogen (secondary N) is 1. The number of thiazole rings is 1. The van der Waals surface area contributed by atoms with Gasteiger partial charge >= 0.3 is 0 Å². The van der Waals surface area contributed by atoms with Crippen LogP contribution in [0.15, 0.2) is 23.7 Å². The van der Waals surface area contributed by atoms with E-state index in [0.717, 1.165) is 30.8 Å². The van der Waals surface area contributed by atoms with Gasteiger partial charge in [-0.1, -0.05) is 0 Å². The summed E-state index contributed by atoms with van der Waals surface area (Å²) in [6, 6.07) is 4.01. The number of hydrogen-bond acceptors (Lipinski definition) is 3. The molecule has 3 nitrogen and oxygen atoms in total. The quantitative estimate of drug-likeness (QED) is 0.806. The third-order valence-corrected chi connectivity index (χ3v) is 2.93. The van der Waals surface area contributed by atoms with Crippen molar-refractivity contribution in [2.45, 2.75) is 12.8 Å². The van der Waals surface area contributed by atoms with Crippen LogP contribution in [-0.4, -0.2) is 16.5 Å². The Labute approximate surface area is 87.0 Å². The first kappa shape index (κ1) is 9.43. The van der Waals surface area contributed by atoms with E-state index in [0.29, 0.717) is 0 Å². The van der Waals surface area contributed by atoms with Crippen LogP contribution in [0.4, 0.5) is 0 Å². The van der Waals surface area contributed by atoms with E-state index in [-0.39, 0.29) is 0 Å². The summed E-state index contributed by atoms with van der Waals surface area (Å²) in [6.45, 7) is 0.734. The molecule has 0 bridgehead atoms. The lowest BCUT2D eigenvalue weighted by Gasteiger charge is -1.92. The highest BCUT2D eigenvalue weighted by atomic mass is 32.1. The molecule has 2 aromatic rings. The van der Waals surface area contributed by atoms with Crippen LogP contribution in [-0.2, 0) is 6.42 Å². The molecule has 0 atom stereocenters. The molecule has 0 saturated carbocycles. The van der Waals surface area contributed by atoms with Gasteiger partial charge in [0.2, 0.25) is 0 Å². The number of aromatic amines is 1. The Morgan fingerprint density at radius 2 is 2.43 bits per heavy atom. The highest BCUT2D eigenvalue weighted by Gasteiger charge is 2.03. The third kappa shape index (κ3) is 2.02. The number of rotatable bonds is 4. The largest absolute Gasteiger partial charge is 0.360 e. The summed E-state index contributed by atoms with van der Waals surface area (Å²) in [7, 11) is 0. The van der Waals surface area contributed by atoms with E-state index in [1.807, 2.05) is 18.3 Å². The van der Waals surface area contributed by atoms with Crippen molar-refractivity contribution in [2.24, 2.45) is 5.73 Å². The number of hydrogen-bond donors (Lipinski definition) is 2. The SMILES string of the molecule is NCCCc1nc(-c2ccc[nH]2)cs1. The van der Waals surface area contributed by atoms with Gasteiger partial charge in [-0.2, -0.15) is 0 Å². The first-order valence-electron chi connectivity index (χ1n) is 4.68. The maximum atomic E-state index is 5.45. The molecule has 0 aromatic carbocycles. The van der Waals surface area contributed by atoms with E-state index in [1.54, 1.807) is 11.3 Å². The van der Waals surface area contributed by atoms with Crippen molar-refractivity contribution < 1.29 is 0 Å². The average Bonchev–Trinajstić information content (AvgIpc) is 2.85. The predicted molar refractivity (Wildman–Crippen MR) is 59.3 cm³/mol. The van der Waals surface area contributed by atoms with Gasteiger partial charge in [-0.3, -0.25) is 0 Å². The summed E-state index contributed by atoms with van der Waals surface area (Å²) in [6.07, 6.45) is 3.91. The summed E-state index contributed by atoms with van der Waals surface area (Å²) in [4.78, 5) is 7.66. The maximum absolute atomic E-state index is 5.45. The van der Waals surface area contributed by atoms with Crippen LogP contribution in [0.3, 0.4) is 0 Å². The summed E-state index contributed by atoms with van der Waals surface area (Å²) in [5, 5.41) is 3.25. The van der Waals surface area contributed by atoms with Crippen molar-refractivity contribution in [3.63, 3.8) is 0 Å². The van der Waals surface area contributed by atoms with Gasteiger partial charge in [0.1, 0.15) is 0 Å². The number of nitrogens with zero attached hydrogens (tertiary/aromatic N) is 1. The third-order valence-electron chi connectivity index (χ3n) is 2.02. The molecule has 0 saturated heterocycles. The molecule has 74 valence electrons. The standard InChI is InChI=1S/C10H13N3S/c11-5-1-4-10-13-9(7-14-10)8-3-2-6-12-8/h2-3,6-7,12H,1,4-5,11H2. The molecule has 2 heterocycles. The Balaban J connectivity index is 2.10. The van der Waals surface area contributed by atoms with E-state index in [2.05, 4.69) is 15.3 Å².